The van der Waals surface area contributed by atoms with Crippen LogP contribution in [0, 0.1) is 23.7 Å². The van der Waals surface area contributed by atoms with Crippen molar-refractivity contribution < 1.29 is 4.74 Å². The Morgan fingerprint density at radius 2 is 1.57 bits per heavy atom. The first-order valence-electron chi connectivity index (χ1n) is 9.49. The molecule has 0 N–H and O–H groups in total. The molecule has 1 heteroatoms. The molecule has 21 heavy (non-hydrogen) atoms. The summed E-state index contributed by atoms with van der Waals surface area (Å²) in [5, 5.41) is 0. The van der Waals surface area contributed by atoms with E-state index < -0.39 is 0 Å². The summed E-state index contributed by atoms with van der Waals surface area (Å²) in [5.41, 5.74) is 0.144. The lowest BCUT2D eigenvalue weighted by molar-refractivity contribution is -0.0850. The van der Waals surface area contributed by atoms with Gasteiger partial charge in [-0.15, -0.1) is 0 Å². The Labute approximate surface area is 134 Å². The highest BCUT2D eigenvalue weighted by molar-refractivity contribution is 4.78. The molecular formula is C20H40O. The molecule has 1 heterocycles. The Kier molecular flexibility index (Phi) is 8.31. The molecule has 2 fully saturated rings. The van der Waals surface area contributed by atoms with E-state index in [0.29, 0.717) is 0 Å². The minimum Gasteiger partial charge on any atom is -0.375 e. The minimum atomic E-state index is 0.144. The van der Waals surface area contributed by atoms with E-state index in [1.165, 1.54) is 51.4 Å². The third-order valence-corrected chi connectivity index (χ3v) is 5.85. The van der Waals surface area contributed by atoms with Gasteiger partial charge in [-0.1, -0.05) is 66.2 Å². The van der Waals surface area contributed by atoms with E-state index in [9.17, 15) is 0 Å². The molecule has 2 unspecified atom stereocenters. The maximum absolute atomic E-state index is 5.74. The van der Waals surface area contributed by atoms with E-state index in [1.54, 1.807) is 0 Å². The fourth-order valence-corrected chi connectivity index (χ4v) is 3.58. The van der Waals surface area contributed by atoms with Crippen molar-refractivity contribution in [3.8, 4) is 0 Å². The van der Waals surface area contributed by atoms with Gasteiger partial charge in [0.05, 0.1) is 12.2 Å². The largest absolute Gasteiger partial charge is 0.375 e. The Balaban J connectivity index is 0.000000211. The van der Waals surface area contributed by atoms with Crippen LogP contribution in [0.2, 0.25) is 0 Å². The van der Waals surface area contributed by atoms with Crippen LogP contribution in [0.3, 0.4) is 0 Å². The SMILES string of the molecule is CC(C)C1CCC(C)(C)OC1.CCC(C)C1CCCCC1. The first-order chi connectivity index (χ1) is 9.85. The van der Waals surface area contributed by atoms with Crippen LogP contribution in [0.25, 0.3) is 0 Å². The molecule has 0 spiro atoms. The molecule has 0 aromatic rings. The van der Waals surface area contributed by atoms with Crippen molar-refractivity contribution in [3.63, 3.8) is 0 Å². The molecule has 1 aliphatic heterocycles. The van der Waals surface area contributed by atoms with E-state index in [2.05, 4.69) is 41.5 Å². The van der Waals surface area contributed by atoms with Gasteiger partial charge >= 0.3 is 0 Å². The first kappa shape index (κ1) is 19.0. The molecule has 0 bridgehead atoms. The van der Waals surface area contributed by atoms with E-state index in [1.807, 2.05) is 0 Å². The first-order valence-corrected chi connectivity index (χ1v) is 9.49. The van der Waals surface area contributed by atoms with Gasteiger partial charge in [0.1, 0.15) is 0 Å². The Hall–Kier alpha value is -0.0400. The molecule has 126 valence electrons. The van der Waals surface area contributed by atoms with Crippen molar-refractivity contribution >= 4 is 0 Å². The summed E-state index contributed by atoms with van der Waals surface area (Å²) in [6.45, 7) is 14.6. The van der Waals surface area contributed by atoms with Crippen LogP contribution in [-0.4, -0.2) is 12.2 Å². The van der Waals surface area contributed by atoms with Gasteiger partial charge in [0.2, 0.25) is 0 Å². The van der Waals surface area contributed by atoms with E-state index in [0.717, 1.165) is 30.3 Å². The number of hydrogen-bond donors (Lipinski definition) is 0. The van der Waals surface area contributed by atoms with Crippen molar-refractivity contribution in [2.45, 2.75) is 98.5 Å². The average Bonchev–Trinajstić information content (AvgIpc) is 2.47. The molecule has 1 aliphatic carbocycles. The second-order valence-electron chi connectivity index (χ2n) is 8.40. The van der Waals surface area contributed by atoms with Crippen LogP contribution in [0.4, 0.5) is 0 Å². The van der Waals surface area contributed by atoms with Crippen molar-refractivity contribution in [3.05, 3.63) is 0 Å². The summed E-state index contributed by atoms with van der Waals surface area (Å²) in [7, 11) is 0. The van der Waals surface area contributed by atoms with Crippen molar-refractivity contribution in [1.29, 1.82) is 0 Å². The van der Waals surface area contributed by atoms with Crippen LogP contribution in [0.5, 0.6) is 0 Å². The fourth-order valence-electron chi connectivity index (χ4n) is 3.58. The number of ether oxygens (including phenoxy) is 1. The molecule has 0 amide bonds. The van der Waals surface area contributed by atoms with Crippen LogP contribution in [0.15, 0.2) is 0 Å². The summed E-state index contributed by atoms with van der Waals surface area (Å²) in [5.74, 6) is 3.63. The topological polar surface area (TPSA) is 9.23 Å². The molecule has 1 saturated carbocycles. The molecule has 2 aliphatic rings. The molecule has 1 nitrogen and oxygen atoms in total. The molecular weight excluding hydrogens is 256 g/mol. The summed E-state index contributed by atoms with van der Waals surface area (Å²) >= 11 is 0. The predicted molar refractivity (Wildman–Crippen MR) is 93.6 cm³/mol. The van der Waals surface area contributed by atoms with Gasteiger partial charge in [0.15, 0.2) is 0 Å². The second kappa shape index (κ2) is 9.18. The fraction of sp³-hybridized carbons (Fsp3) is 1.00. The highest BCUT2D eigenvalue weighted by Crippen LogP contribution is 2.31. The quantitative estimate of drug-likeness (QED) is 0.580. The highest BCUT2D eigenvalue weighted by atomic mass is 16.5. The summed E-state index contributed by atoms with van der Waals surface area (Å²) in [6, 6.07) is 0. The Bertz CT molecular complexity index is 253. The molecule has 2 rings (SSSR count). The van der Waals surface area contributed by atoms with Crippen molar-refractivity contribution in [2.24, 2.45) is 23.7 Å². The van der Waals surface area contributed by atoms with Crippen molar-refractivity contribution in [2.75, 3.05) is 6.61 Å². The molecule has 2 atom stereocenters. The minimum absolute atomic E-state index is 0.144. The van der Waals surface area contributed by atoms with Gasteiger partial charge < -0.3 is 4.74 Å². The molecule has 0 aromatic heterocycles. The number of rotatable bonds is 3. The van der Waals surface area contributed by atoms with Crippen LogP contribution in [-0.2, 0) is 4.74 Å². The van der Waals surface area contributed by atoms with E-state index in [-0.39, 0.29) is 5.60 Å². The molecule has 0 aromatic carbocycles. The predicted octanol–water partition coefficient (Wildman–Crippen LogP) is 6.46. The van der Waals surface area contributed by atoms with Crippen molar-refractivity contribution in [1.82, 2.24) is 0 Å². The second-order valence-corrected chi connectivity index (χ2v) is 8.40. The average molecular weight is 297 g/mol. The zero-order valence-corrected chi connectivity index (χ0v) is 15.6. The smallest absolute Gasteiger partial charge is 0.0626 e. The van der Waals surface area contributed by atoms with Crippen LogP contribution < -0.4 is 0 Å². The maximum atomic E-state index is 5.74. The van der Waals surface area contributed by atoms with E-state index >= 15 is 0 Å². The zero-order valence-electron chi connectivity index (χ0n) is 15.6. The molecule has 0 radical (unpaired) electrons. The summed E-state index contributed by atoms with van der Waals surface area (Å²) in [4.78, 5) is 0. The van der Waals surface area contributed by atoms with Gasteiger partial charge in [0, 0.05) is 0 Å². The maximum Gasteiger partial charge on any atom is 0.0626 e. The van der Waals surface area contributed by atoms with Crippen LogP contribution in [0.1, 0.15) is 92.9 Å². The van der Waals surface area contributed by atoms with Gasteiger partial charge in [-0.2, -0.15) is 0 Å². The van der Waals surface area contributed by atoms with Gasteiger partial charge in [-0.3, -0.25) is 0 Å². The number of hydrogen-bond acceptors (Lipinski definition) is 1. The zero-order chi connectivity index (χ0) is 15.9. The van der Waals surface area contributed by atoms with Gasteiger partial charge in [-0.05, 0) is 50.4 Å². The van der Waals surface area contributed by atoms with Crippen LogP contribution >= 0.6 is 0 Å². The van der Waals surface area contributed by atoms with E-state index in [4.69, 9.17) is 4.74 Å². The highest BCUT2D eigenvalue weighted by Gasteiger charge is 2.28. The van der Waals surface area contributed by atoms with Gasteiger partial charge in [-0.25, -0.2) is 0 Å². The lowest BCUT2D eigenvalue weighted by Gasteiger charge is -2.36. The summed E-state index contributed by atoms with van der Waals surface area (Å²) in [6.07, 6.45) is 11.4. The molecule has 1 saturated heterocycles. The summed E-state index contributed by atoms with van der Waals surface area (Å²) < 4.78 is 5.74. The monoisotopic (exact) mass is 296 g/mol. The standard InChI is InChI=1S/C10H20O.C10H20/c1-8(2)9-5-6-10(3,4)11-7-9;1-3-9(2)10-7-5-4-6-8-10/h8-9H,5-7H2,1-4H3;9-10H,3-8H2,1-2H3. The van der Waals surface area contributed by atoms with Gasteiger partial charge in [0.25, 0.3) is 0 Å². The lowest BCUT2D eigenvalue weighted by atomic mass is 9.80. The lowest BCUT2D eigenvalue weighted by Crippen LogP contribution is -2.35. The normalized spacial score (nSPS) is 27.9. The Morgan fingerprint density at radius 3 is 2.00 bits per heavy atom. The Morgan fingerprint density at radius 1 is 0.952 bits per heavy atom. The third kappa shape index (κ3) is 7.17. The third-order valence-electron chi connectivity index (χ3n) is 5.85.